The van der Waals surface area contributed by atoms with Crippen molar-refractivity contribution >= 4 is 22.6 Å². The molecular weight excluding hydrogens is 291 g/mol. The van der Waals surface area contributed by atoms with Crippen LogP contribution in [-0.4, -0.2) is 15.1 Å². The molecule has 1 atom stereocenters. The lowest BCUT2D eigenvalue weighted by Crippen LogP contribution is -2.03. The lowest BCUT2D eigenvalue weighted by atomic mass is 10.1. The molecule has 0 amide bonds. The molecular formula is C10H9IN2O. The van der Waals surface area contributed by atoms with E-state index in [1.54, 1.807) is 12.4 Å². The minimum Gasteiger partial charge on any atom is -0.380 e. The van der Waals surface area contributed by atoms with Crippen LogP contribution in [0, 0.1) is 3.57 Å². The summed E-state index contributed by atoms with van der Waals surface area (Å²) in [5.41, 5.74) is 0.878. The summed E-state index contributed by atoms with van der Waals surface area (Å²) in [4.78, 5) is 6.92. The lowest BCUT2D eigenvalue weighted by molar-refractivity contribution is 0.210. The van der Waals surface area contributed by atoms with Crippen molar-refractivity contribution < 1.29 is 5.11 Å². The third kappa shape index (κ3) is 1.80. The first-order valence-corrected chi connectivity index (χ1v) is 5.28. The smallest absolute Gasteiger partial charge is 0.139 e. The molecule has 0 aliphatic carbocycles. The van der Waals surface area contributed by atoms with Crippen LogP contribution in [0.4, 0.5) is 0 Å². The van der Waals surface area contributed by atoms with E-state index in [2.05, 4.69) is 32.6 Å². The summed E-state index contributed by atoms with van der Waals surface area (Å²) in [5.74, 6) is 0.578. The van der Waals surface area contributed by atoms with Crippen molar-refractivity contribution in [3.8, 4) is 0 Å². The topological polar surface area (TPSA) is 48.9 Å². The Bertz CT molecular complexity index is 414. The molecule has 72 valence electrons. The van der Waals surface area contributed by atoms with Gasteiger partial charge in [-0.1, -0.05) is 18.2 Å². The molecule has 0 spiro atoms. The maximum Gasteiger partial charge on any atom is 0.139 e. The van der Waals surface area contributed by atoms with Gasteiger partial charge in [-0.05, 0) is 28.7 Å². The highest BCUT2D eigenvalue weighted by Gasteiger charge is 2.14. The Hall–Kier alpha value is -0.880. The molecule has 0 aliphatic heterocycles. The number of aromatic amines is 1. The van der Waals surface area contributed by atoms with E-state index in [1.807, 2.05) is 24.3 Å². The van der Waals surface area contributed by atoms with Gasteiger partial charge < -0.3 is 10.1 Å². The minimum atomic E-state index is -0.668. The quantitative estimate of drug-likeness (QED) is 0.834. The molecule has 0 saturated heterocycles. The minimum absolute atomic E-state index is 0.578. The monoisotopic (exact) mass is 300 g/mol. The molecule has 1 aromatic heterocycles. The van der Waals surface area contributed by atoms with E-state index >= 15 is 0 Å². The molecule has 2 aromatic rings. The van der Waals surface area contributed by atoms with Gasteiger partial charge in [0.05, 0.1) is 0 Å². The number of hydrogen-bond donors (Lipinski definition) is 2. The maximum atomic E-state index is 9.96. The van der Waals surface area contributed by atoms with E-state index < -0.39 is 6.10 Å². The third-order valence-electron chi connectivity index (χ3n) is 1.98. The number of aliphatic hydroxyl groups is 1. The number of nitrogens with one attached hydrogen (secondary N) is 1. The van der Waals surface area contributed by atoms with Gasteiger partial charge in [-0.2, -0.15) is 0 Å². The van der Waals surface area contributed by atoms with E-state index in [9.17, 15) is 5.11 Å². The number of H-pyrrole nitrogens is 1. The number of aromatic nitrogens is 2. The Morgan fingerprint density at radius 2 is 2.14 bits per heavy atom. The fourth-order valence-corrected chi connectivity index (χ4v) is 1.95. The largest absolute Gasteiger partial charge is 0.380 e. The Morgan fingerprint density at radius 1 is 1.36 bits per heavy atom. The van der Waals surface area contributed by atoms with Gasteiger partial charge in [-0.3, -0.25) is 0 Å². The van der Waals surface area contributed by atoms with Crippen LogP contribution in [-0.2, 0) is 0 Å². The zero-order valence-corrected chi connectivity index (χ0v) is 9.47. The van der Waals surface area contributed by atoms with Gasteiger partial charge >= 0.3 is 0 Å². The fourth-order valence-electron chi connectivity index (χ4n) is 1.27. The molecule has 1 unspecified atom stereocenters. The number of benzene rings is 1. The van der Waals surface area contributed by atoms with E-state index in [0.717, 1.165) is 9.13 Å². The van der Waals surface area contributed by atoms with Crippen molar-refractivity contribution in [3.63, 3.8) is 0 Å². The van der Waals surface area contributed by atoms with Gasteiger partial charge in [-0.25, -0.2) is 4.98 Å². The molecule has 0 aliphatic rings. The summed E-state index contributed by atoms with van der Waals surface area (Å²) in [6.45, 7) is 0. The molecule has 1 heterocycles. The zero-order valence-electron chi connectivity index (χ0n) is 7.31. The second-order valence-electron chi connectivity index (χ2n) is 2.90. The highest BCUT2D eigenvalue weighted by Crippen LogP contribution is 2.23. The van der Waals surface area contributed by atoms with E-state index in [-0.39, 0.29) is 0 Å². The van der Waals surface area contributed by atoms with Crippen molar-refractivity contribution in [1.29, 1.82) is 0 Å². The highest BCUT2D eigenvalue weighted by atomic mass is 127. The molecule has 0 fully saturated rings. The number of hydrogen-bond acceptors (Lipinski definition) is 2. The van der Waals surface area contributed by atoms with E-state index in [1.165, 1.54) is 0 Å². The molecule has 0 saturated carbocycles. The first-order chi connectivity index (χ1) is 6.79. The Kier molecular flexibility index (Phi) is 2.83. The number of halogens is 1. The average Bonchev–Trinajstić information content (AvgIpc) is 2.70. The van der Waals surface area contributed by atoms with Crippen LogP contribution >= 0.6 is 22.6 Å². The van der Waals surface area contributed by atoms with Crippen molar-refractivity contribution in [2.24, 2.45) is 0 Å². The van der Waals surface area contributed by atoms with Gasteiger partial charge in [0.1, 0.15) is 11.9 Å². The van der Waals surface area contributed by atoms with Gasteiger partial charge in [0.15, 0.2) is 0 Å². The highest BCUT2D eigenvalue weighted by molar-refractivity contribution is 14.1. The van der Waals surface area contributed by atoms with Crippen LogP contribution in [0.15, 0.2) is 36.7 Å². The van der Waals surface area contributed by atoms with Crippen molar-refractivity contribution in [3.05, 3.63) is 51.6 Å². The molecule has 0 bridgehead atoms. The molecule has 3 nitrogen and oxygen atoms in total. The Balaban J connectivity index is 2.37. The SMILES string of the molecule is OC(c1ncc[nH]1)c1ccccc1I. The molecule has 2 rings (SSSR count). The second-order valence-corrected chi connectivity index (χ2v) is 4.06. The standard InChI is InChI=1S/C10H9IN2O/c11-8-4-2-1-3-7(8)9(14)10-12-5-6-13-10/h1-6,9,14H,(H,12,13). The maximum absolute atomic E-state index is 9.96. The molecule has 14 heavy (non-hydrogen) atoms. The van der Waals surface area contributed by atoms with Gasteiger partial charge in [0, 0.05) is 21.5 Å². The predicted octanol–water partition coefficient (Wildman–Crippen LogP) is 2.10. The van der Waals surface area contributed by atoms with Gasteiger partial charge in [-0.15, -0.1) is 0 Å². The first kappa shape index (κ1) is 9.67. The second kappa shape index (κ2) is 4.10. The molecule has 4 heteroatoms. The van der Waals surface area contributed by atoms with E-state index in [0.29, 0.717) is 5.82 Å². The summed E-state index contributed by atoms with van der Waals surface area (Å²) in [5, 5.41) is 9.96. The van der Waals surface area contributed by atoms with Crippen molar-refractivity contribution in [2.75, 3.05) is 0 Å². The number of nitrogens with zero attached hydrogens (tertiary/aromatic N) is 1. The molecule has 2 N–H and O–H groups in total. The van der Waals surface area contributed by atoms with Gasteiger partial charge in [0.2, 0.25) is 0 Å². The van der Waals surface area contributed by atoms with Crippen LogP contribution in [0.5, 0.6) is 0 Å². The Labute approximate surface area is 95.3 Å². The van der Waals surface area contributed by atoms with E-state index in [4.69, 9.17) is 0 Å². The first-order valence-electron chi connectivity index (χ1n) is 4.21. The lowest BCUT2D eigenvalue weighted by Gasteiger charge is -2.09. The zero-order chi connectivity index (χ0) is 9.97. The van der Waals surface area contributed by atoms with Crippen LogP contribution < -0.4 is 0 Å². The molecule has 1 aromatic carbocycles. The van der Waals surface area contributed by atoms with Crippen LogP contribution in [0.2, 0.25) is 0 Å². The van der Waals surface area contributed by atoms with Crippen LogP contribution in [0.1, 0.15) is 17.5 Å². The number of imidazole rings is 1. The third-order valence-corrected chi connectivity index (χ3v) is 2.96. The summed E-state index contributed by atoms with van der Waals surface area (Å²) < 4.78 is 1.04. The van der Waals surface area contributed by atoms with Crippen LogP contribution in [0.25, 0.3) is 0 Å². The number of aliphatic hydroxyl groups excluding tert-OH is 1. The van der Waals surface area contributed by atoms with Crippen molar-refractivity contribution in [2.45, 2.75) is 6.10 Å². The predicted molar refractivity (Wildman–Crippen MR) is 61.8 cm³/mol. The Morgan fingerprint density at radius 3 is 2.79 bits per heavy atom. The number of rotatable bonds is 2. The van der Waals surface area contributed by atoms with Crippen LogP contribution in [0.3, 0.4) is 0 Å². The molecule has 0 radical (unpaired) electrons. The van der Waals surface area contributed by atoms with Crippen molar-refractivity contribution in [1.82, 2.24) is 9.97 Å². The van der Waals surface area contributed by atoms with Gasteiger partial charge in [0.25, 0.3) is 0 Å². The summed E-state index contributed by atoms with van der Waals surface area (Å²) in [6, 6.07) is 7.71. The average molecular weight is 300 g/mol. The summed E-state index contributed by atoms with van der Waals surface area (Å²) in [6.07, 6.45) is 2.67. The summed E-state index contributed by atoms with van der Waals surface area (Å²) in [7, 11) is 0. The summed E-state index contributed by atoms with van der Waals surface area (Å²) >= 11 is 2.20. The normalized spacial score (nSPS) is 12.7. The fraction of sp³-hybridized carbons (Fsp3) is 0.100.